The van der Waals surface area contributed by atoms with E-state index >= 15 is 0 Å². The normalized spacial score (nSPS) is 33.3. The van der Waals surface area contributed by atoms with Gasteiger partial charge in [0.05, 0.1) is 5.56 Å². The van der Waals surface area contributed by atoms with Crippen LogP contribution >= 0.6 is 15.9 Å². The Bertz CT molecular complexity index is 752. The van der Waals surface area contributed by atoms with Gasteiger partial charge in [-0.1, -0.05) is 48.4 Å². The molecule has 0 aromatic heterocycles. The fraction of sp³-hybridized carbons (Fsp3) is 0.591. The van der Waals surface area contributed by atoms with Gasteiger partial charge in [0.15, 0.2) is 6.29 Å². The van der Waals surface area contributed by atoms with Crippen molar-refractivity contribution in [3.8, 4) is 11.5 Å². The van der Waals surface area contributed by atoms with E-state index in [1.807, 2.05) is 0 Å². The second kappa shape index (κ2) is 6.70. The van der Waals surface area contributed by atoms with Crippen molar-refractivity contribution in [2.75, 3.05) is 0 Å². The van der Waals surface area contributed by atoms with E-state index in [1.165, 1.54) is 11.6 Å². The summed E-state index contributed by atoms with van der Waals surface area (Å²) in [7, 11) is 0. The summed E-state index contributed by atoms with van der Waals surface area (Å²) in [5.74, 6) is 0.910. The number of halogens is 1. The fourth-order valence-electron chi connectivity index (χ4n) is 5.52. The number of phenolic OH excluding ortho intramolecular Hbond substituents is 2. The monoisotopic (exact) mass is 420 g/mol. The van der Waals surface area contributed by atoms with Crippen LogP contribution in [0.25, 0.3) is 0 Å². The van der Waals surface area contributed by atoms with Crippen LogP contribution in [0.4, 0.5) is 0 Å². The summed E-state index contributed by atoms with van der Waals surface area (Å²) in [6, 6.07) is 2.93. The summed E-state index contributed by atoms with van der Waals surface area (Å²) >= 11 is 3.91. The van der Waals surface area contributed by atoms with Gasteiger partial charge in [-0.05, 0) is 73.0 Å². The van der Waals surface area contributed by atoms with Crippen LogP contribution in [0.1, 0.15) is 62.9 Å². The first kappa shape index (κ1) is 19.5. The second-order valence-corrected chi connectivity index (χ2v) is 10.1. The molecule has 1 saturated carbocycles. The third-order valence-electron chi connectivity index (χ3n) is 7.24. The van der Waals surface area contributed by atoms with E-state index in [2.05, 4.69) is 49.7 Å². The predicted octanol–water partition coefficient (Wildman–Crippen LogP) is 5.63. The number of carbonyl (C=O) groups is 1. The molecular weight excluding hydrogens is 392 g/mol. The summed E-state index contributed by atoms with van der Waals surface area (Å²) in [4.78, 5) is 11.5. The number of aldehydes is 1. The molecule has 0 spiro atoms. The lowest BCUT2D eigenvalue weighted by molar-refractivity contribution is -0.0308. The average molecular weight is 421 g/mol. The maximum Gasteiger partial charge on any atom is 0.153 e. The first-order valence-corrected chi connectivity index (χ1v) is 10.3. The number of carbonyl (C=O) groups excluding carboxylic acids is 1. The molecule has 1 aromatic rings. The molecule has 1 fully saturated rings. The van der Waals surface area contributed by atoms with Crippen LogP contribution in [0.2, 0.25) is 0 Å². The Morgan fingerprint density at radius 3 is 2.58 bits per heavy atom. The smallest absolute Gasteiger partial charge is 0.153 e. The molecule has 142 valence electrons. The van der Waals surface area contributed by atoms with Gasteiger partial charge in [-0.3, -0.25) is 4.79 Å². The van der Waals surface area contributed by atoms with E-state index < -0.39 is 0 Å². The largest absolute Gasteiger partial charge is 0.508 e. The maximum absolute atomic E-state index is 11.0. The summed E-state index contributed by atoms with van der Waals surface area (Å²) < 4.78 is 0. The number of aromatic hydroxyl groups is 2. The van der Waals surface area contributed by atoms with Crippen molar-refractivity contribution >= 4 is 22.2 Å². The van der Waals surface area contributed by atoms with Crippen molar-refractivity contribution in [1.82, 2.24) is 0 Å². The van der Waals surface area contributed by atoms with Crippen molar-refractivity contribution in [3.05, 3.63) is 34.9 Å². The highest BCUT2D eigenvalue weighted by atomic mass is 79.9. The van der Waals surface area contributed by atoms with Crippen LogP contribution in [-0.4, -0.2) is 21.3 Å². The SMILES string of the molecule is CC1=CC[C@H]2C(C)(C)[C@@H](Br)CC[C@]2(C)[C@@H]1Cc1cc(O)c(C=O)cc1O. The third-order valence-corrected chi connectivity index (χ3v) is 8.88. The Kier molecular flexibility index (Phi) is 5.02. The molecule has 26 heavy (non-hydrogen) atoms. The van der Waals surface area contributed by atoms with Crippen LogP contribution in [0.3, 0.4) is 0 Å². The standard InChI is InChI=1S/C22H29BrO3/c1-13-5-6-19-21(2,3)20(23)7-8-22(19,4)16(13)9-14-10-18(26)15(12-24)11-17(14)25/h5,10-12,16,19-20,25-26H,6-9H2,1-4H3/t16-,19+,20+,22-/m1/s1. The molecule has 0 radical (unpaired) electrons. The van der Waals surface area contributed by atoms with E-state index in [0.29, 0.717) is 34.9 Å². The molecule has 2 aliphatic rings. The third kappa shape index (κ3) is 3.00. The lowest BCUT2D eigenvalue weighted by Gasteiger charge is -2.58. The van der Waals surface area contributed by atoms with E-state index in [0.717, 1.165) is 19.3 Å². The van der Waals surface area contributed by atoms with Gasteiger partial charge in [0.2, 0.25) is 0 Å². The zero-order valence-electron chi connectivity index (χ0n) is 16.1. The van der Waals surface area contributed by atoms with E-state index in [1.54, 1.807) is 6.07 Å². The van der Waals surface area contributed by atoms with Crippen LogP contribution < -0.4 is 0 Å². The molecular formula is C22H29BrO3. The van der Waals surface area contributed by atoms with E-state index in [4.69, 9.17) is 0 Å². The zero-order valence-corrected chi connectivity index (χ0v) is 17.6. The first-order valence-electron chi connectivity index (χ1n) is 9.42. The molecule has 0 heterocycles. The van der Waals surface area contributed by atoms with Crippen molar-refractivity contribution in [3.63, 3.8) is 0 Å². The molecule has 4 atom stereocenters. The van der Waals surface area contributed by atoms with Gasteiger partial charge in [-0.25, -0.2) is 0 Å². The molecule has 0 unspecified atom stereocenters. The zero-order chi connectivity index (χ0) is 19.3. The Labute approximate surface area is 164 Å². The van der Waals surface area contributed by atoms with Gasteiger partial charge in [-0.2, -0.15) is 0 Å². The summed E-state index contributed by atoms with van der Waals surface area (Å²) in [6.45, 7) is 9.32. The number of allylic oxidation sites excluding steroid dienone is 2. The molecule has 2 aliphatic carbocycles. The van der Waals surface area contributed by atoms with Crippen LogP contribution in [0, 0.1) is 22.7 Å². The van der Waals surface area contributed by atoms with E-state index in [9.17, 15) is 15.0 Å². The van der Waals surface area contributed by atoms with Gasteiger partial charge in [0.25, 0.3) is 0 Å². The maximum atomic E-state index is 11.0. The van der Waals surface area contributed by atoms with Crippen LogP contribution in [-0.2, 0) is 6.42 Å². The second-order valence-electron chi connectivity index (χ2n) is 8.98. The molecule has 4 heteroatoms. The van der Waals surface area contributed by atoms with Crippen molar-refractivity contribution in [2.45, 2.75) is 58.2 Å². The summed E-state index contributed by atoms with van der Waals surface area (Å²) in [5.41, 5.74) is 2.57. The van der Waals surface area contributed by atoms with Gasteiger partial charge >= 0.3 is 0 Å². The Morgan fingerprint density at radius 1 is 1.23 bits per heavy atom. The quantitative estimate of drug-likeness (QED) is 0.288. The number of rotatable bonds is 3. The Hall–Kier alpha value is -1.29. The number of fused-ring (bicyclic) bond motifs is 1. The summed E-state index contributed by atoms with van der Waals surface area (Å²) in [6.07, 6.45) is 6.99. The number of hydrogen-bond acceptors (Lipinski definition) is 3. The summed E-state index contributed by atoms with van der Waals surface area (Å²) in [5, 5.41) is 20.5. The minimum Gasteiger partial charge on any atom is -0.508 e. The topological polar surface area (TPSA) is 57.5 Å². The van der Waals surface area contributed by atoms with Gasteiger partial charge in [0, 0.05) is 4.83 Å². The lowest BCUT2D eigenvalue weighted by atomic mass is 9.48. The number of phenols is 2. The highest BCUT2D eigenvalue weighted by Crippen LogP contribution is 2.61. The molecule has 3 rings (SSSR count). The lowest BCUT2D eigenvalue weighted by Crippen LogP contribution is -2.52. The highest BCUT2D eigenvalue weighted by Gasteiger charge is 2.54. The Morgan fingerprint density at radius 2 is 1.92 bits per heavy atom. The van der Waals surface area contributed by atoms with Gasteiger partial charge < -0.3 is 10.2 Å². The minimum absolute atomic E-state index is 0.0589. The minimum atomic E-state index is -0.0589. The number of benzene rings is 1. The molecule has 1 aromatic carbocycles. The molecule has 3 nitrogen and oxygen atoms in total. The van der Waals surface area contributed by atoms with E-state index in [-0.39, 0.29) is 27.9 Å². The van der Waals surface area contributed by atoms with Crippen LogP contribution in [0.15, 0.2) is 23.8 Å². The van der Waals surface area contributed by atoms with Gasteiger partial charge in [0.1, 0.15) is 11.5 Å². The van der Waals surface area contributed by atoms with Crippen molar-refractivity contribution in [2.24, 2.45) is 22.7 Å². The number of alkyl halides is 1. The average Bonchev–Trinajstić information content (AvgIpc) is 2.57. The van der Waals surface area contributed by atoms with Crippen LogP contribution in [0.5, 0.6) is 11.5 Å². The first-order chi connectivity index (χ1) is 12.1. The molecule has 0 amide bonds. The predicted molar refractivity (Wildman–Crippen MR) is 108 cm³/mol. The Balaban J connectivity index is 1.99. The van der Waals surface area contributed by atoms with Crippen molar-refractivity contribution < 1.29 is 15.0 Å². The molecule has 2 N–H and O–H groups in total. The van der Waals surface area contributed by atoms with Gasteiger partial charge in [-0.15, -0.1) is 0 Å². The number of hydrogen-bond donors (Lipinski definition) is 2. The molecule has 0 aliphatic heterocycles. The fourth-order valence-corrected chi connectivity index (χ4v) is 6.06. The highest BCUT2D eigenvalue weighted by molar-refractivity contribution is 9.09. The molecule has 0 bridgehead atoms. The molecule has 0 saturated heterocycles. The van der Waals surface area contributed by atoms with Crippen molar-refractivity contribution in [1.29, 1.82) is 0 Å².